The molecule has 1 amide bonds. The van der Waals surface area contributed by atoms with E-state index in [9.17, 15) is 4.79 Å². The molecule has 3 rings (SSSR count). The summed E-state index contributed by atoms with van der Waals surface area (Å²) in [6.45, 7) is 5.40. The van der Waals surface area contributed by atoms with Gasteiger partial charge in [-0.3, -0.25) is 4.79 Å². The first-order chi connectivity index (χ1) is 13.7. The molecular formula is C22H30N2O4. The van der Waals surface area contributed by atoms with Gasteiger partial charge in [-0.1, -0.05) is 26.0 Å². The minimum Gasteiger partial charge on any atom is -0.497 e. The van der Waals surface area contributed by atoms with Gasteiger partial charge in [0.1, 0.15) is 11.5 Å². The number of methoxy groups -OCH3 is 1. The summed E-state index contributed by atoms with van der Waals surface area (Å²) < 4.78 is 10.7. The number of carbonyl (C=O) groups is 1. The van der Waals surface area contributed by atoms with Crippen LogP contribution in [0.3, 0.4) is 0 Å². The van der Waals surface area contributed by atoms with E-state index < -0.39 is 0 Å². The lowest BCUT2D eigenvalue weighted by Crippen LogP contribution is -2.34. The minimum atomic E-state index is -0.0183. The fraction of sp³-hybridized carbons (Fsp3) is 0.409. The van der Waals surface area contributed by atoms with Crippen LogP contribution in [0, 0.1) is 0 Å². The van der Waals surface area contributed by atoms with Crippen molar-refractivity contribution in [3.05, 3.63) is 54.1 Å². The number of amides is 1. The van der Waals surface area contributed by atoms with Gasteiger partial charge in [0.05, 0.1) is 13.7 Å². The number of aliphatic hydroxyl groups is 1. The lowest BCUT2D eigenvalue weighted by molar-refractivity contribution is -0.132. The van der Waals surface area contributed by atoms with Crippen molar-refractivity contribution < 1.29 is 19.4 Å². The maximum absolute atomic E-state index is 12.3. The summed E-state index contributed by atoms with van der Waals surface area (Å²) in [6, 6.07) is 15.1. The summed E-state index contributed by atoms with van der Waals surface area (Å²) in [5.74, 6) is 1.43. The van der Waals surface area contributed by atoms with Crippen LogP contribution in [0.5, 0.6) is 11.5 Å². The Morgan fingerprint density at radius 3 is 2.36 bits per heavy atom. The highest BCUT2D eigenvalue weighted by atomic mass is 16.5. The number of anilines is 1. The topological polar surface area (TPSA) is 71.0 Å². The van der Waals surface area contributed by atoms with Crippen LogP contribution >= 0.6 is 0 Å². The van der Waals surface area contributed by atoms with Gasteiger partial charge < -0.3 is 24.8 Å². The molecule has 0 bridgehead atoms. The third-order valence-electron chi connectivity index (χ3n) is 4.47. The van der Waals surface area contributed by atoms with Crippen molar-refractivity contribution in [2.75, 3.05) is 32.1 Å². The number of hydrogen-bond donors (Lipinski definition) is 2. The van der Waals surface area contributed by atoms with Crippen molar-refractivity contribution >= 4 is 11.6 Å². The second-order valence-corrected chi connectivity index (χ2v) is 6.29. The molecule has 2 aromatic rings. The molecular weight excluding hydrogens is 356 g/mol. The number of aliphatic hydroxyl groups excluding tert-OH is 1. The maximum Gasteiger partial charge on any atom is 0.260 e. The molecule has 0 saturated carbocycles. The molecule has 1 aliphatic heterocycles. The fourth-order valence-corrected chi connectivity index (χ4v) is 2.96. The summed E-state index contributed by atoms with van der Waals surface area (Å²) in [7, 11) is 1.64. The molecule has 1 heterocycles. The van der Waals surface area contributed by atoms with E-state index in [0.29, 0.717) is 12.3 Å². The number of rotatable bonds is 7. The zero-order valence-electron chi connectivity index (χ0n) is 16.9. The second kappa shape index (κ2) is 11.2. The summed E-state index contributed by atoms with van der Waals surface area (Å²) in [6.07, 6.45) is 0.906. The Kier molecular flexibility index (Phi) is 8.62. The summed E-state index contributed by atoms with van der Waals surface area (Å²) in [4.78, 5) is 14.2. The second-order valence-electron chi connectivity index (χ2n) is 6.29. The average Bonchev–Trinajstić information content (AvgIpc) is 3.23. The zero-order valence-corrected chi connectivity index (χ0v) is 16.9. The van der Waals surface area contributed by atoms with Crippen molar-refractivity contribution in [1.82, 2.24) is 4.90 Å². The molecule has 1 aliphatic rings. The zero-order chi connectivity index (χ0) is 20.4. The molecule has 0 aliphatic carbocycles. The van der Waals surface area contributed by atoms with Gasteiger partial charge in [0.2, 0.25) is 0 Å². The molecule has 1 saturated heterocycles. The molecule has 1 atom stereocenters. The molecule has 1 unspecified atom stereocenters. The Morgan fingerprint density at radius 2 is 1.75 bits per heavy atom. The van der Waals surface area contributed by atoms with E-state index in [-0.39, 0.29) is 25.2 Å². The number of nitrogens with one attached hydrogen (secondary N) is 1. The van der Waals surface area contributed by atoms with Crippen LogP contribution in [0.2, 0.25) is 0 Å². The van der Waals surface area contributed by atoms with Crippen LogP contribution in [-0.2, 0) is 11.4 Å². The monoisotopic (exact) mass is 386 g/mol. The Hall–Kier alpha value is -2.73. The first-order valence-corrected chi connectivity index (χ1v) is 9.69. The number of nitrogens with zero attached hydrogens (tertiary/aromatic N) is 1. The number of hydrogen-bond acceptors (Lipinski definition) is 5. The number of ether oxygens (including phenoxy) is 2. The van der Waals surface area contributed by atoms with Crippen LogP contribution in [0.4, 0.5) is 5.69 Å². The largest absolute Gasteiger partial charge is 0.497 e. The molecule has 6 heteroatoms. The van der Waals surface area contributed by atoms with E-state index >= 15 is 0 Å². The number of carbonyl (C=O) groups excluding carboxylic acids is 1. The van der Waals surface area contributed by atoms with Gasteiger partial charge in [-0.2, -0.15) is 0 Å². The van der Waals surface area contributed by atoms with E-state index in [1.807, 2.05) is 43.0 Å². The van der Waals surface area contributed by atoms with Gasteiger partial charge in [0.15, 0.2) is 6.61 Å². The van der Waals surface area contributed by atoms with Gasteiger partial charge in [-0.15, -0.1) is 0 Å². The smallest absolute Gasteiger partial charge is 0.260 e. The van der Waals surface area contributed by atoms with E-state index in [2.05, 4.69) is 5.32 Å². The maximum atomic E-state index is 12.3. The summed E-state index contributed by atoms with van der Waals surface area (Å²) >= 11 is 0. The Bertz CT molecular complexity index is 716. The van der Waals surface area contributed by atoms with Crippen LogP contribution in [0.25, 0.3) is 0 Å². The lowest BCUT2D eigenvalue weighted by Gasteiger charge is -2.18. The molecule has 2 N–H and O–H groups in total. The Labute approximate surface area is 167 Å². The Balaban J connectivity index is 0.00000136. The normalized spacial score (nSPS) is 15.4. The number of benzene rings is 2. The molecule has 28 heavy (non-hydrogen) atoms. The molecule has 1 fully saturated rings. The average molecular weight is 386 g/mol. The van der Waals surface area contributed by atoms with E-state index in [4.69, 9.17) is 14.6 Å². The quantitative estimate of drug-likeness (QED) is 0.764. The summed E-state index contributed by atoms with van der Waals surface area (Å²) in [5.41, 5.74) is 1.83. The molecule has 6 nitrogen and oxygen atoms in total. The van der Waals surface area contributed by atoms with Crippen LogP contribution in [0.1, 0.15) is 25.8 Å². The third-order valence-corrected chi connectivity index (χ3v) is 4.47. The predicted molar refractivity (Wildman–Crippen MR) is 111 cm³/mol. The van der Waals surface area contributed by atoms with Crippen LogP contribution in [-0.4, -0.2) is 48.8 Å². The van der Waals surface area contributed by atoms with E-state index in [1.54, 1.807) is 31.4 Å². The van der Waals surface area contributed by atoms with Crippen molar-refractivity contribution in [1.29, 1.82) is 0 Å². The standard InChI is InChI=1S/C20H24N2O4.C2H6/c1-25-18-8-4-16(5-9-18)21-17-10-11-22(12-17)20(24)14-26-19-6-2-15(13-23)3-7-19;1-2/h2-9,17,21,23H,10-14H2,1H3;1-2H3. The molecule has 0 aromatic heterocycles. The molecule has 0 radical (unpaired) electrons. The molecule has 152 valence electrons. The molecule has 2 aromatic carbocycles. The Morgan fingerprint density at radius 1 is 1.11 bits per heavy atom. The molecule has 0 spiro atoms. The first-order valence-electron chi connectivity index (χ1n) is 9.69. The van der Waals surface area contributed by atoms with Crippen molar-refractivity contribution in [2.24, 2.45) is 0 Å². The minimum absolute atomic E-state index is 0.00439. The summed E-state index contributed by atoms with van der Waals surface area (Å²) in [5, 5.41) is 12.5. The van der Waals surface area contributed by atoms with Gasteiger partial charge in [0, 0.05) is 24.8 Å². The van der Waals surface area contributed by atoms with Crippen molar-refractivity contribution in [2.45, 2.75) is 32.9 Å². The van der Waals surface area contributed by atoms with Gasteiger partial charge in [-0.05, 0) is 48.4 Å². The lowest BCUT2D eigenvalue weighted by atomic mass is 10.2. The highest BCUT2D eigenvalue weighted by Crippen LogP contribution is 2.19. The highest BCUT2D eigenvalue weighted by Gasteiger charge is 2.26. The van der Waals surface area contributed by atoms with Gasteiger partial charge in [-0.25, -0.2) is 0 Å². The van der Waals surface area contributed by atoms with E-state index in [0.717, 1.165) is 30.0 Å². The van der Waals surface area contributed by atoms with Gasteiger partial charge >= 0.3 is 0 Å². The highest BCUT2D eigenvalue weighted by molar-refractivity contribution is 5.78. The van der Waals surface area contributed by atoms with E-state index in [1.165, 1.54) is 0 Å². The first kappa shape index (κ1) is 21.6. The third kappa shape index (κ3) is 6.16. The van der Waals surface area contributed by atoms with Gasteiger partial charge in [0.25, 0.3) is 5.91 Å². The fourth-order valence-electron chi connectivity index (χ4n) is 2.96. The van der Waals surface area contributed by atoms with Crippen molar-refractivity contribution in [3.8, 4) is 11.5 Å². The SMILES string of the molecule is CC.COc1ccc(NC2CCN(C(=O)COc3ccc(CO)cc3)C2)cc1. The van der Waals surface area contributed by atoms with Crippen molar-refractivity contribution in [3.63, 3.8) is 0 Å². The number of likely N-dealkylation sites (tertiary alicyclic amines) is 1. The van der Waals surface area contributed by atoms with Crippen LogP contribution in [0.15, 0.2) is 48.5 Å². The van der Waals surface area contributed by atoms with Crippen LogP contribution < -0.4 is 14.8 Å². The predicted octanol–water partition coefficient (Wildman–Crippen LogP) is 3.31.